The summed E-state index contributed by atoms with van der Waals surface area (Å²) in [6.45, 7) is 0. The SMILES string of the molecule is N[C@@]1(C(=O)O)CCCC1=C(F)F. The van der Waals surface area contributed by atoms with Crippen LogP contribution in [0.15, 0.2) is 11.7 Å². The Balaban J connectivity index is 3.06. The highest BCUT2D eigenvalue weighted by atomic mass is 19.3. The predicted octanol–water partition coefficient (Wildman–Crippen LogP) is 1.10. The van der Waals surface area contributed by atoms with Crippen LogP contribution in [-0.4, -0.2) is 16.6 Å². The summed E-state index contributed by atoms with van der Waals surface area (Å²) in [6.07, 6.45) is -1.35. The topological polar surface area (TPSA) is 63.3 Å². The summed E-state index contributed by atoms with van der Waals surface area (Å²) >= 11 is 0. The zero-order valence-electron chi connectivity index (χ0n) is 6.31. The van der Waals surface area contributed by atoms with Gasteiger partial charge in [-0.15, -0.1) is 0 Å². The van der Waals surface area contributed by atoms with E-state index in [0.29, 0.717) is 6.42 Å². The van der Waals surface area contributed by atoms with Crippen LogP contribution in [0, 0.1) is 0 Å². The van der Waals surface area contributed by atoms with Gasteiger partial charge in [0, 0.05) is 5.57 Å². The lowest BCUT2D eigenvalue weighted by atomic mass is 9.95. The van der Waals surface area contributed by atoms with E-state index in [9.17, 15) is 13.6 Å². The molecular formula is C7H9F2NO2. The fourth-order valence-electron chi connectivity index (χ4n) is 1.42. The molecule has 0 heterocycles. The molecule has 0 aromatic heterocycles. The molecule has 0 unspecified atom stereocenters. The van der Waals surface area contributed by atoms with Crippen molar-refractivity contribution < 1.29 is 18.7 Å². The molecule has 0 bridgehead atoms. The minimum absolute atomic E-state index is 0.0884. The number of carbonyl (C=O) groups is 1. The summed E-state index contributed by atoms with van der Waals surface area (Å²) in [4.78, 5) is 10.5. The number of rotatable bonds is 1. The highest BCUT2D eigenvalue weighted by Gasteiger charge is 2.44. The summed E-state index contributed by atoms with van der Waals surface area (Å²) in [6, 6.07) is 0. The van der Waals surface area contributed by atoms with Crippen LogP contribution in [-0.2, 0) is 4.79 Å². The van der Waals surface area contributed by atoms with Crippen molar-refractivity contribution in [2.75, 3.05) is 0 Å². The number of carboxylic acid groups (broad SMARTS) is 1. The fraction of sp³-hybridized carbons (Fsp3) is 0.571. The Hall–Kier alpha value is -0.970. The van der Waals surface area contributed by atoms with Crippen molar-refractivity contribution in [2.45, 2.75) is 24.8 Å². The molecule has 1 fully saturated rings. The number of hydrogen-bond donors (Lipinski definition) is 2. The highest BCUT2D eigenvalue weighted by Crippen LogP contribution is 2.36. The molecule has 3 N–H and O–H groups in total. The smallest absolute Gasteiger partial charge is 0.328 e. The third kappa shape index (κ3) is 1.20. The van der Waals surface area contributed by atoms with Gasteiger partial charge in [-0.1, -0.05) is 0 Å². The van der Waals surface area contributed by atoms with E-state index < -0.39 is 23.2 Å². The number of hydrogen-bond acceptors (Lipinski definition) is 2. The van der Waals surface area contributed by atoms with Crippen molar-refractivity contribution in [3.63, 3.8) is 0 Å². The second kappa shape index (κ2) is 2.82. The van der Waals surface area contributed by atoms with Gasteiger partial charge in [-0.3, -0.25) is 0 Å². The van der Waals surface area contributed by atoms with Crippen molar-refractivity contribution in [1.82, 2.24) is 0 Å². The third-order valence-electron chi connectivity index (χ3n) is 2.15. The van der Waals surface area contributed by atoms with E-state index in [1.54, 1.807) is 0 Å². The van der Waals surface area contributed by atoms with Crippen LogP contribution in [0.25, 0.3) is 0 Å². The average Bonchev–Trinajstić information content (AvgIpc) is 2.32. The maximum absolute atomic E-state index is 12.1. The van der Waals surface area contributed by atoms with Crippen LogP contribution >= 0.6 is 0 Å². The van der Waals surface area contributed by atoms with E-state index >= 15 is 0 Å². The lowest BCUT2D eigenvalue weighted by molar-refractivity contribution is -0.141. The maximum Gasteiger partial charge on any atom is 0.328 e. The van der Waals surface area contributed by atoms with Crippen LogP contribution < -0.4 is 5.73 Å². The first-order valence-corrected chi connectivity index (χ1v) is 3.55. The number of carboxylic acids is 1. The van der Waals surface area contributed by atoms with E-state index in [4.69, 9.17) is 10.8 Å². The van der Waals surface area contributed by atoms with Crippen molar-refractivity contribution in [3.8, 4) is 0 Å². The average molecular weight is 177 g/mol. The van der Waals surface area contributed by atoms with Gasteiger partial charge in [-0.2, -0.15) is 8.78 Å². The standard InChI is InChI=1S/C7H9F2NO2/c8-5(9)4-2-1-3-7(4,10)6(11)12/h1-3,10H2,(H,11,12)/t7-/m0/s1. The Morgan fingerprint density at radius 1 is 1.58 bits per heavy atom. The van der Waals surface area contributed by atoms with E-state index in [1.807, 2.05) is 0 Å². The van der Waals surface area contributed by atoms with Crippen LogP contribution in [0.3, 0.4) is 0 Å². The lowest BCUT2D eigenvalue weighted by Gasteiger charge is -2.18. The van der Waals surface area contributed by atoms with E-state index in [0.717, 1.165) is 0 Å². The van der Waals surface area contributed by atoms with Crippen molar-refractivity contribution >= 4 is 5.97 Å². The Morgan fingerprint density at radius 3 is 2.50 bits per heavy atom. The van der Waals surface area contributed by atoms with Crippen LogP contribution in [0.2, 0.25) is 0 Å². The third-order valence-corrected chi connectivity index (χ3v) is 2.15. The summed E-state index contributed by atoms with van der Waals surface area (Å²) in [5.74, 6) is -1.37. The van der Waals surface area contributed by atoms with Crippen LogP contribution in [0.1, 0.15) is 19.3 Å². The van der Waals surface area contributed by atoms with Crippen molar-refractivity contribution in [3.05, 3.63) is 11.7 Å². The van der Waals surface area contributed by atoms with Gasteiger partial charge in [-0.25, -0.2) is 4.79 Å². The number of aliphatic carboxylic acids is 1. The molecule has 5 heteroatoms. The molecule has 68 valence electrons. The monoisotopic (exact) mass is 177 g/mol. The Labute approximate surface area is 67.9 Å². The molecular weight excluding hydrogens is 168 g/mol. The lowest BCUT2D eigenvalue weighted by Crippen LogP contribution is -2.46. The quantitative estimate of drug-likeness (QED) is 0.630. The molecule has 1 saturated carbocycles. The van der Waals surface area contributed by atoms with Gasteiger partial charge in [0.2, 0.25) is 0 Å². The van der Waals surface area contributed by atoms with Gasteiger partial charge in [-0.05, 0) is 19.3 Å². The number of halogens is 2. The van der Waals surface area contributed by atoms with E-state index in [2.05, 4.69) is 0 Å². The van der Waals surface area contributed by atoms with Gasteiger partial charge >= 0.3 is 5.97 Å². The maximum atomic E-state index is 12.1. The summed E-state index contributed by atoms with van der Waals surface area (Å²) in [5.41, 5.74) is 3.07. The first-order valence-electron chi connectivity index (χ1n) is 3.55. The van der Waals surface area contributed by atoms with Gasteiger partial charge in [0.15, 0.2) is 0 Å². The zero-order chi connectivity index (χ0) is 9.35. The van der Waals surface area contributed by atoms with Gasteiger partial charge in [0.05, 0.1) is 0 Å². The van der Waals surface area contributed by atoms with E-state index in [1.165, 1.54) is 0 Å². The predicted molar refractivity (Wildman–Crippen MR) is 37.6 cm³/mol. The Kier molecular flexibility index (Phi) is 2.14. The molecule has 1 aliphatic rings. The first-order chi connectivity index (χ1) is 5.48. The molecule has 1 aliphatic carbocycles. The molecule has 3 nitrogen and oxygen atoms in total. The molecule has 0 aromatic rings. The van der Waals surface area contributed by atoms with Crippen LogP contribution in [0.4, 0.5) is 8.78 Å². The van der Waals surface area contributed by atoms with Gasteiger partial charge in [0.25, 0.3) is 6.08 Å². The van der Waals surface area contributed by atoms with Gasteiger partial charge < -0.3 is 10.8 Å². The largest absolute Gasteiger partial charge is 0.480 e. The van der Waals surface area contributed by atoms with E-state index in [-0.39, 0.29) is 12.8 Å². The van der Waals surface area contributed by atoms with Crippen molar-refractivity contribution in [2.24, 2.45) is 5.73 Å². The molecule has 0 amide bonds. The zero-order valence-corrected chi connectivity index (χ0v) is 6.31. The summed E-state index contributed by atoms with van der Waals surface area (Å²) in [5, 5.41) is 8.60. The molecule has 0 aromatic carbocycles. The normalized spacial score (nSPS) is 29.1. The Bertz CT molecular complexity index is 248. The Morgan fingerprint density at radius 2 is 2.17 bits per heavy atom. The molecule has 1 rings (SSSR count). The first kappa shape index (κ1) is 9.12. The van der Waals surface area contributed by atoms with Crippen molar-refractivity contribution in [1.29, 1.82) is 0 Å². The molecule has 12 heavy (non-hydrogen) atoms. The number of nitrogens with two attached hydrogens (primary N) is 1. The molecule has 0 aliphatic heterocycles. The molecule has 0 spiro atoms. The minimum atomic E-state index is -1.95. The molecule has 1 atom stereocenters. The minimum Gasteiger partial charge on any atom is -0.480 e. The molecule has 0 radical (unpaired) electrons. The fourth-order valence-corrected chi connectivity index (χ4v) is 1.42. The molecule has 0 saturated heterocycles. The van der Waals surface area contributed by atoms with Gasteiger partial charge in [0.1, 0.15) is 5.54 Å². The summed E-state index contributed by atoms with van der Waals surface area (Å²) in [7, 11) is 0. The second-order valence-corrected chi connectivity index (χ2v) is 2.87. The van der Waals surface area contributed by atoms with Crippen LogP contribution in [0.5, 0.6) is 0 Å². The summed E-state index contributed by atoms with van der Waals surface area (Å²) < 4.78 is 24.3. The highest BCUT2D eigenvalue weighted by molar-refractivity contribution is 5.83. The second-order valence-electron chi connectivity index (χ2n) is 2.87.